The maximum Gasteiger partial charge on any atom is 0.294 e. The number of ketones is 1. The summed E-state index contributed by atoms with van der Waals surface area (Å²) in [6.07, 6.45) is 1.12. The fourth-order valence-electron chi connectivity index (χ4n) is 4.79. The number of nitrogens with zero attached hydrogens (tertiary/aromatic N) is 3. The molecule has 41 heavy (non-hydrogen) atoms. The number of H-pyrrole nitrogens is 1. The number of carbonyl (C=O) groups excluding carboxylic acids is 2. The average molecular weight is 558 g/mol. The normalized spacial score (nSPS) is 18.2. The van der Waals surface area contributed by atoms with Gasteiger partial charge in [0.15, 0.2) is 5.69 Å². The van der Waals surface area contributed by atoms with Crippen LogP contribution in [0.25, 0.3) is 0 Å². The van der Waals surface area contributed by atoms with Crippen LogP contribution in [0.1, 0.15) is 44.3 Å². The highest BCUT2D eigenvalue weighted by atomic mass is 19.1. The molecule has 0 bridgehead atoms. The third kappa shape index (κ3) is 5.91. The van der Waals surface area contributed by atoms with Gasteiger partial charge in [0, 0.05) is 32.8 Å². The maximum absolute atomic E-state index is 13.9. The number of carbonyl (C=O) groups is 2. The van der Waals surface area contributed by atoms with Crippen LogP contribution in [0.2, 0.25) is 0 Å². The smallest absolute Gasteiger partial charge is 0.294 e. The van der Waals surface area contributed by atoms with Gasteiger partial charge in [-0.25, -0.2) is 9.37 Å². The van der Waals surface area contributed by atoms with E-state index < -0.39 is 46.2 Å². The van der Waals surface area contributed by atoms with Crippen molar-refractivity contribution in [3.63, 3.8) is 0 Å². The highest BCUT2D eigenvalue weighted by Gasteiger charge is 2.50. The molecule has 5 rings (SSSR count). The van der Waals surface area contributed by atoms with Crippen molar-refractivity contribution in [2.75, 3.05) is 13.6 Å². The molecule has 1 aliphatic heterocycles. The van der Waals surface area contributed by atoms with E-state index in [1.54, 1.807) is 18.2 Å². The standard InChI is InChI=1S/C30H28FN5O5/c1-36(17-19-10-12-21(31)13-11-19)28(40)24-25(37)27(39)35-29(34-24)30(26(38)23-9-5-6-14-32-23)15-22(16-33-30)41-18-20-7-3-2-4-8-20/h2-14,22,33,37H,15-18H2,1H3,(H,34,35,39)/t22-,30-/m1/s1. The molecule has 2 aromatic heterocycles. The van der Waals surface area contributed by atoms with Gasteiger partial charge in [0.05, 0.1) is 12.7 Å². The molecule has 10 nitrogen and oxygen atoms in total. The first-order valence-corrected chi connectivity index (χ1v) is 13.0. The number of aromatic nitrogens is 3. The summed E-state index contributed by atoms with van der Waals surface area (Å²) in [6.45, 7) is 0.621. The Hall–Kier alpha value is -4.74. The van der Waals surface area contributed by atoms with Crippen molar-refractivity contribution in [3.8, 4) is 5.75 Å². The van der Waals surface area contributed by atoms with Gasteiger partial charge in [0.25, 0.3) is 11.5 Å². The summed E-state index contributed by atoms with van der Waals surface area (Å²) in [4.78, 5) is 52.4. The van der Waals surface area contributed by atoms with Gasteiger partial charge >= 0.3 is 0 Å². The topological polar surface area (TPSA) is 138 Å². The highest BCUT2D eigenvalue weighted by Crippen LogP contribution is 2.34. The number of halogens is 1. The first-order valence-electron chi connectivity index (χ1n) is 13.0. The molecule has 0 radical (unpaired) electrons. The molecule has 4 aromatic rings. The second-order valence-electron chi connectivity index (χ2n) is 9.85. The first-order chi connectivity index (χ1) is 19.8. The zero-order chi connectivity index (χ0) is 29.0. The number of nitrogens with one attached hydrogen (secondary N) is 2. The van der Waals surface area contributed by atoms with E-state index in [9.17, 15) is 23.9 Å². The molecular formula is C30H28FN5O5. The SMILES string of the molecule is CN(Cc1ccc(F)cc1)C(=O)c1nc([C@]2(C(=O)c3ccccn3)C[C@@H](OCc3ccccc3)CN2)[nH]c(=O)c1O. The molecule has 0 unspecified atom stereocenters. The first kappa shape index (κ1) is 27.8. The van der Waals surface area contributed by atoms with E-state index in [2.05, 4.69) is 20.3 Å². The summed E-state index contributed by atoms with van der Waals surface area (Å²) in [5.74, 6) is -2.66. The fraction of sp³-hybridized carbons (Fsp3) is 0.233. The van der Waals surface area contributed by atoms with Crippen LogP contribution in [0.3, 0.4) is 0 Å². The summed E-state index contributed by atoms with van der Waals surface area (Å²) < 4.78 is 19.4. The molecule has 1 aliphatic rings. The van der Waals surface area contributed by atoms with Gasteiger partial charge in [-0.15, -0.1) is 0 Å². The Morgan fingerprint density at radius 1 is 1.07 bits per heavy atom. The third-order valence-electron chi connectivity index (χ3n) is 6.96. The van der Waals surface area contributed by atoms with Crippen molar-refractivity contribution >= 4 is 11.7 Å². The van der Waals surface area contributed by atoms with E-state index in [4.69, 9.17) is 4.74 Å². The van der Waals surface area contributed by atoms with Crippen LogP contribution in [0.4, 0.5) is 4.39 Å². The van der Waals surface area contributed by atoms with Crippen molar-refractivity contribution < 1.29 is 23.8 Å². The second kappa shape index (κ2) is 11.8. The van der Waals surface area contributed by atoms with Crippen LogP contribution in [-0.2, 0) is 23.4 Å². The Morgan fingerprint density at radius 3 is 2.51 bits per heavy atom. The summed E-state index contributed by atoms with van der Waals surface area (Å²) in [7, 11) is 1.46. The van der Waals surface area contributed by atoms with Gasteiger partial charge < -0.3 is 19.7 Å². The van der Waals surface area contributed by atoms with E-state index in [1.165, 1.54) is 42.4 Å². The zero-order valence-electron chi connectivity index (χ0n) is 22.2. The minimum Gasteiger partial charge on any atom is -0.501 e. The Kier molecular flexibility index (Phi) is 7.99. The molecule has 210 valence electrons. The van der Waals surface area contributed by atoms with E-state index in [0.29, 0.717) is 12.2 Å². The molecule has 2 aromatic carbocycles. The van der Waals surface area contributed by atoms with E-state index >= 15 is 0 Å². The van der Waals surface area contributed by atoms with Crippen molar-refractivity contribution in [1.82, 2.24) is 25.2 Å². The van der Waals surface area contributed by atoms with Gasteiger partial charge in [0.1, 0.15) is 22.9 Å². The summed E-state index contributed by atoms with van der Waals surface area (Å²) in [5, 5.41) is 13.7. The molecule has 2 atom stereocenters. The molecule has 1 amide bonds. The highest BCUT2D eigenvalue weighted by molar-refractivity contribution is 6.02. The minimum absolute atomic E-state index is 0.0635. The molecule has 1 fully saturated rings. The number of Topliss-reactive ketones (excluding diaryl/α,β-unsaturated/α-hetero) is 1. The number of rotatable bonds is 9. The number of aromatic hydroxyl groups is 1. The Bertz CT molecular complexity index is 1600. The van der Waals surface area contributed by atoms with Gasteiger partial charge in [0.2, 0.25) is 11.5 Å². The molecule has 1 saturated heterocycles. The van der Waals surface area contributed by atoms with Crippen LogP contribution in [0.5, 0.6) is 5.75 Å². The minimum atomic E-state index is -1.59. The number of pyridine rings is 1. The largest absolute Gasteiger partial charge is 0.501 e. The third-order valence-corrected chi connectivity index (χ3v) is 6.96. The number of amides is 1. The van der Waals surface area contributed by atoms with Gasteiger partial charge in [-0.05, 0) is 35.4 Å². The van der Waals surface area contributed by atoms with Crippen molar-refractivity contribution in [2.45, 2.75) is 31.2 Å². The van der Waals surface area contributed by atoms with Crippen molar-refractivity contribution in [1.29, 1.82) is 0 Å². The number of hydrogen-bond acceptors (Lipinski definition) is 8. The van der Waals surface area contributed by atoms with Gasteiger partial charge in [-0.3, -0.25) is 24.7 Å². The maximum atomic E-state index is 13.9. The number of aromatic amines is 1. The molecular weight excluding hydrogens is 529 g/mol. The summed E-state index contributed by atoms with van der Waals surface area (Å²) in [5.41, 5.74) is -1.37. The number of benzene rings is 2. The quantitative estimate of drug-likeness (QED) is 0.267. The molecule has 3 heterocycles. The summed E-state index contributed by atoms with van der Waals surface area (Å²) >= 11 is 0. The lowest BCUT2D eigenvalue weighted by molar-refractivity contribution is 0.0467. The van der Waals surface area contributed by atoms with Crippen LogP contribution >= 0.6 is 0 Å². The van der Waals surface area contributed by atoms with Crippen LogP contribution in [0, 0.1) is 5.82 Å². The molecule has 0 aliphatic carbocycles. The van der Waals surface area contributed by atoms with Crippen molar-refractivity contribution in [3.05, 3.63) is 124 Å². The summed E-state index contributed by atoms with van der Waals surface area (Å²) in [6, 6.07) is 20.0. The number of hydrogen-bond donors (Lipinski definition) is 3. The van der Waals surface area contributed by atoms with E-state index in [0.717, 1.165) is 5.56 Å². The Labute approximate surface area is 234 Å². The monoisotopic (exact) mass is 557 g/mol. The fourth-order valence-corrected chi connectivity index (χ4v) is 4.79. The lowest BCUT2D eigenvalue weighted by Crippen LogP contribution is -2.48. The lowest BCUT2D eigenvalue weighted by atomic mass is 9.88. The molecule has 11 heteroatoms. The predicted molar refractivity (Wildman–Crippen MR) is 147 cm³/mol. The predicted octanol–water partition coefficient (Wildman–Crippen LogP) is 2.94. The Morgan fingerprint density at radius 2 is 1.80 bits per heavy atom. The van der Waals surface area contributed by atoms with Crippen LogP contribution in [0.15, 0.2) is 83.8 Å². The van der Waals surface area contributed by atoms with Crippen LogP contribution in [-0.4, -0.2) is 56.3 Å². The van der Waals surface area contributed by atoms with Gasteiger partial charge in [-0.1, -0.05) is 48.5 Å². The van der Waals surface area contributed by atoms with E-state index in [1.807, 2.05) is 30.3 Å². The van der Waals surface area contributed by atoms with E-state index in [-0.39, 0.29) is 31.0 Å². The average Bonchev–Trinajstić information content (AvgIpc) is 3.44. The van der Waals surface area contributed by atoms with Crippen molar-refractivity contribution in [2.24, 2.45) is 0 Å². The number of ether oxygens (including phenoxy) is 1. The second-order valence-corrected chi connectivity index (χ2v) is 9.85. The van der Waals surface area contributed by atoms with Crippen LogP contribution < -0.4 is 10.9 Å². The zero-order valence-corrected chi connectivity index (χ0v) is 22.2. The molecule has 3 N–H and O–H groups in total. The molecule has 0 spiro atoms. The Balaban J connectivity index is 1.48. The molecule has 0 saturated carbocycles. The van der Waals surface area contributed by atoms with Gasteiger partial charge in [-0.2, -0.15) is 0 Å². The lowest BCUT2D eigenvalue weighted by Gasteiger charge is -2.27.